The van der Waals surface area contributed by atoms with Crippen LogP contribution in [0.15, 0.2) is 66.9 Å². The minimum atomic E-state index is -0.854. The fourth-order valence-electron chi connectivity index (χ4n) is 3.94. The third-order valence-electron chi connectivity index (χ3n) is 5.87. The number of para-hydroxylation sites is 1. The molecular weight excluding hydrogens is 520 g/mol. The van der Waals surface area contributed by atoms with Crippen molar-refractivity contribution in [1.29, 1.82) is 0 Å². The normalized spacial score (nSPS) is 16.8. The van der Waals surface area contributed by atoms with Crippen LogP contribution < -0.4 is 10.6 Å². The van der Waals surface area contributed by atoms with Crippen molar-refractivity contribution in [2.45, 2.75) is 12.1 Å². The Morgan fingerprint density at radius 3 is 2.53 bits per heavy atom. The van der Waals surface area contributed by atoms with Crippen molar-refractivity contribution in [2.24, 2.45) is 0 Å². The minimum Gasteiger partial charge on any atom is -0.388 e. The van der Waals surface area contributed by atoms with E-state index in [1.807, 2.05) is 0 Å². The molecule has 2 amide bonds. The number of aliphatic hydroxyl groups is 1. The monoisotopic (exact) mass is 539 g/mol. The second kappa shape index (κ2) is 10.7. The van der Waals surface area contributed by atoms with E-state index in [1.165, 1.54) is 23.0 Å². The van der Waals surface area contributed by atoms with Gasteiger partial charge >= 0.3 is 0 Å². The van der Waals surface area contributed by atoms with E-state index in [0.717, 1.165) is 18.2 Å². The molecule has 0 spiro atoms. The first-order chi connectivity index (χ1) is 18.3. The van der Waals surface area contributed by atoms with Crippen LogP contribution in [0.1, 0.15) is 20.8 Å². The SMILES string of the molecule is O=C(N[C@H]1COC[C@@H]1O)c1cc(NC(=O)c2cc(-c3ncccc3F)c(F)cc2Cl)n(-c2ccccc2)n1. The minimum absolute atomic E-state index is 0.0373. The first-order valence-electron chi connectivity index (χ1n) is 11.4. The molecule has 1 fully saturated rings. The Kier molecular flexibility index (Phi) is 7.14. The van der Waals surface area contributed by atoms with Gasteiger partial charge in [0.1, 0.15) is 23.1 Å². The molecule has 2 atom stereocenters. The lowest BCUT2D eigenvalue weighted by molar-refractivity contribution is 0.0881. The van der Waals surface area contributed by atoms with E-state index in [4.69, 9.17) is 16.3 Å². The van der Waals surface area contributed by atoms with Crippen molar-refractivity contribution in [3.8, 4) is 16.9 Å². The van der Waals surface area contributed by atoms with Crippen LogP contribution in [0.25, 0.3) is 16.9 Å². The summed E-state index contributed by atoms with van der Waals surface area (Å²) in [5, 5.41) is 19.4. The summed E-state index contributed by atoms with van der Waals surface area (Å²) in [4.78, 5) is 30.0. The van der Waals surface area contributed by atoms with Crippen LogP contribution >= 0.6 is 11.6 Å². The lowest BCUT2D eigenvalue weighted by Crippen LogP contribution is -2.42. The molecule has 12 heteroatoms. The van der Waals surface area contributed by atoms with Crippen molar-refractivity contribution in [2.75, 3.05) is 18.5 Å². The van der Waals surface area contributed by atoms with Gasteiger partial charge in [0, 0.05) is 17.8 Å². The Morgan fingerprint density at radius 2 is 1.82 bits per heavy atom. The number of benzene rings is 2. The van der Waals surface area contributed by atoms with Crippen molar-refractivity contribution in [3.63, 3.8) is 0 Å². The summed E-state index contributed by atoms with van der Waals surface area (Å²) in [6.45, 7) is 0.256. The zero-order valence-corrected chi connectivity index (χ0v) is 20.3. The van der Waals surface area contributed by atoms with E-state index in [-0.39, 0.29) is 46.6 Å². The van der Waals surface area contributed by atoms with Gasteiger partial charge < -0.3 is 20.5 Å². The number of amides is 2. The molecule has 9 nitrogen and oxygen atoms in total. The maximum atomic E-state index is 14.7. The topological polar surface area (TPSA) is 118 Å². The predicted octanol–water partition coefficient (Wildman–Crippen LogP) is 3.61. The van der Waals surface area contributed by atoms with E-state index < -0.39 is 35.6 Å². The molecule has 3 N–H and O–H groups in total. The van der Waals surface area contributed by atoms with Gasteiger partial charge in [-0.15, -0.1) is 0 Å². The third kappa shape index (κ3) is 5.12. The van der Waals surface area contributed by atoms with Crippen molar-refractivity contribution < 1.29 is 28.2 Å². The molecule has 0 radical (unpaired) electrons. The Hall–Kier alpha value is -4.19. The van der Waals surface area contributed by atoms with E-state index >= 15 is 0 Å². The number of carbonyl (C=O) groups excluding carboxylic acids is 2. The molecule has 38 heavy (non-hydrogen) atoms. The number of rotatable bonds is 6. The second-order valence-corrected chi connectivity index (χ2v) is 8.85. The molecule has 2 aromatic heterocycles. The maximum Gasteiger partial charge on any atom is 0.272 e. The number of aliphatic hydroxyl groups excluding tert-OH is 1. The highest BCUT2D eigenvalue weighted by Crippen LogP contribution is 2.30. The van der Waals surface area contributed by atoms with Gasteiger partial charge in [-0.3, -0.25) is 14.6 Å². The average Bonchev–Trinajstić information content (AvgIpc) is 3.51. The highest BCUT2D eigenvalue weighted by atomic mass is 35.5. The van der Waals surface area contributed by atoms with Crippen molar-refractivity contribution >= 4 is 29.2 Å². The van der Waals surface area contributed by atoms with Crippen molar-refractivity contribution in [1.82, 2.24) is 20.1 Å². The number of aromatic nitrogens is 3. The lowest BCUT2D eigenvalue weighted by Gasteiger charge is -2.13. The van der Waals surface area contributed by atoms with Crippen molar-refractivity contribution in [3.05, 3.63) is 94.8 Å². The smallest absolute Gasteiger partial charge is 0.272 e. The van der Waals surface area contributed by atoms with Gasteiger partial charge in [-0.05, 0) is 36.4 Å². The molecule has 1 aliphatic rings. The highest BCUT2D eigenvalue weighted by molar-refractivity contribution is 6.34. The number of halogens is 3. The Bertz CT molecular complexity index is 1520. The molecule has 4 aromatic rings. The number of ether oxygens (including phenoxy) is 1. The van der Waals surface area contributed by atoms with Gasteiger partial charge in [-0.25, -0.2) is 13.5 Å². The maximum absolute atomic E-state index is 14.7. The van der Waals surface area contributed by atoms with Crippen LogP contribution in [0.4, 0.5) is 14.6 Å². The van der Waals surface area contributed by atoms with E-state index in [2.05, 4.69) is 20.7 Å². The number of hydrogen-bond donors (Lipinski definition) is 3. The molecular formula is C26H20ClF2N5O4. The number of carbonyl (C=O) groups is 2. The van der Waals surface area contributed by atoms with E-state index in [9.17, 15) is 23.5 Å². The number of anilines is 1. The number of pyridine rings is 1. The summed E-state index contributed by atoms with van der Waals surface area (Å²) in [6, 6.07) is 14.0. The molecule has 3 heterocycles. The van der Waals surface area contributed by atoms with Crippen LogP contribution in [0.2, 0.25) is 5.02 Å². The summed E-state index contributed by atoms with van der Waals surface area (Å²) >= 11 is 6.17. The standard InChI is InChI=1S/C26H20ClF2N5O4/c27-17-10-19(29)16(24-18(28)7-4-8-30-24)9-15(17)25(36)32-23-11-20(26(37)31-21-12-38-13-22(21)35)33-34(23)14-5-2-1-3-6-14/h1-11,21-22,35H,12-13H2,(H,31,37)(H,32,36)/t21-,22-/m0/s1. The van der Waals surface area contributed by atoms with E-state index in [0.29, 0.717) is 5.69 Å². The van der Waals surface area contributed by atoms with Gasteiger partial charge in [0.05, 0.1) is 41.6 Å². The van der Waals surface area contributed by atoms with Gasteiger partial charge in [0.25, 0.3) is 11.8 Å². The van der Waals surface area contributed by atoms with Crippen LogP contribution in [-0.4, -0.2) is 57.0 Å². The van der Waals surface area contributed by atoms with E-state index in [1.54, 1.807) is 30.3 Å². The van der Waals surface area contributed by atoms with Gasteiger partial charge in [-0.1, -0.05) is 29.8 Å². The Balaban J connectivity index is 1.48. The van der Waals surface area contributed by atoms with Gasteiger partial charge in [0.15, 0.2) is 5.69 Å². The molecule has 1 saturated heterocycles. The first-order valence-corrected chi connectivity index (χ1v) is 11.8. The predicted molar refractivity (Wildman–Crippen MR) is 134 cm³/mol. The highest BCUT2D eigenvalue weighted by Gasteiger charge is 2.29. The first kappa shape index (κ1) is 25.5. The molecule has 0 saturated carbocycles. The molecule has 194 valence electrons. The quantitative estimate of drug-likeness (QED) is 0.344. The molecule has 2 aromatic carbocycles. The summed E-state index contributed by atoms with van der Waals surface area (Å²) in [6.07, 6.45) is 0.446. The van der Waals surface area contributed by atoms with Gasteiger partial charge in [-0.2, -0.15) is 5.10 Å². The van der Waals surface area contributed by atoms with Gasteiger partial charge in [0.2, 0.25) is 0 Å². The third-order valence-corrected chi connectivity index (χ3v) is 6.18. The lowest BCUT2D eigenvalue weighted by atomic mass is 10.1. The fourth-order valence-corrected chi connectivity index (χ4v) is 4.18. The number of hydrogen-bond acceptors (Lipinski definition) is 6. The molecule has 0 aliphatic carbocycles. The summed E-state index contributed by atoms with van der Waals surface area (Å²) in [5.41, 5.74) is -0.169. The zero-order valence-electron chi connectivity index (χ0n) is 19.6. The number of nitrogens with zero attached hydrogens (tertiary/aromatic N) is 3. The molecule has 5 rings (SSSR count). The fraction of sp³-hybridized carbons (Fsp3) is 0.154. The largest absolute Gasteiger partial charge is 0.388 e. The Morgan fingerprint density at radius 1 is 1.03 bits per heavy atom. The molecule has 0 bridgehead atoms. The summed E-state index contributed by atoms with van der Waals surface area (Å²) in [7, 11) is 0. The number of nitrogens with one attached hydrogen (secondary N) is 2. The molecule has 0 unspecified atom stereocenters. The Labute approximate surface area is 220 Å². The average molecular weight is 540 g/mol. The zero-order chi connectivity index (χ0) is 26.8. The summed E-state index contributed by atoms with van der Waals surface area (Å²) < 4.78 is 35.4. The molecule has 1 aliphatic heterocycles. The van der Waals surface area contributed by atoms with Crippen LogP contribution in [0.5, 0.6) is 0 Å². The summed E-state index contributed by atoms with van der Waals surface area (Å²) in [5.74, 6) is -2.85. The second-order valence-electron chi connectivity index (χ2n) is 8.45. The van der Waals surface area contributed by atoms with Crippen LogP contribution in [-0.2, 0) is 4.74 Å². The van der Waals surface area contributed by atoms with Crippen LogP contribution in [0.3, 0.4) is 0 Å². The van der Waals surface area contributed by atoms with Crippen LogP contribution in [0, 0.1) is 11.6 Å².